The second-order valence-electron chi connectivity index (χ2n) is 3.50. The van der Waals surface area contributed by atoms with Crippen LogP contribution in [0.1, 0.15) is 33.1 Å². The van der Waals surface area contributed by atoms with Gasteiger partial charge in [-0.05, 0) is 11.8 Å². The molecule has 9 heavy (non-hydrogen) atoms. The predicted molar refractivity (Wildman–Crippen MR) is 41.7 cm³/mol. The molecule has 0 aromatic heterocycles. The van der Waals surface area contributed by atoms with Crippen LogP contribution < -0.4 is 0 Å². The standard InChI is InChI=1S/C8H15B/c1-6(2)7-4-3-5-8(7)9/h6-8H,3-5H2,1-2H3. The lowest BCUT2D eigenvalue weighted by Gasteiger charge is -2.18. The summed E-state index contributed by atoms with van der Waals surface area (Å²) in [4.78, 5) is 0. The number of rotatable bonds is 1. The van der Waals surface area contributed by atoms with Crippen LogP contribution >= 0.6 is 0 Å². The summed E-state index contributed by atoms with van der Waals surface area (Å²) in [6.07, 6.45) is 3.96. The molecule has 0 nitrogen and oxygen atoms in total. The maximum Gasteiger partial charge on any atom is 0.0703 e. The lowest BCUT2D eigenvalue weighted by Crippen LogP contribution is -2.09. The van der Waals surface area contributed by atoms with Crippen molar-refractivity contribution in [1.82, 2.24) is 0 Å². The van der Waals surface area contributed by atoms with Gasteiger partial charge >= 0.3 is 0 Å². The van der Waals surface area contributed by atoms with Gasteiger partial charge < -0.3 is 0 Å². The van der Waals surface area contributed by atoms with E-state index in [0.29, 0.717) is 5.82 Å². The lowest BCUT2D eigenvalue weighted by atomic mass is 9.74. The lowest BCUT2D eigenvalue weighted by molar-refractivity contribution is 0.397. The molecule has 2 radical (unpaired) electrons. The molecule has 0 spiro atoms. The first-order valence-electron chi connectivity index (χ1n) is 3.97. The number of hydrogen-bond donors (Lipinski definition) is 0. The van der Waals surface area contributed by atoms with Crippen molar-refractivity contribution in [3.8, 4) is 0 Å². The van der Waals surface area contributed by atoms with Crippen LogP contribution in [-0.4, -0.2) is 7.85 Å². The third-order valence-electron chi connectivity index (χ3n) is 2.48. The molecule has 1 fully saturated rings. The SMILES string of the molecule is [B]C1CCCC1C(C)C. The normalized spacial score (nSPS) is 35.9. The van der Waals surface area contributed by atoms with Gasteiger partial charge in [-0.25, -0.2) is 0 Å². The zero-order valence-electron chi connectivity index (χ0n) is 6.43. The van der Waals surface area contributed by atoms with Gasteiger partial charge in [-0.2, -0.15) is 0 Å². The fourth-order valence-corrected chi connectivity index (χ4v) is 1.85. The molecular formula is C8H15B. The maximum absolute atomic E-state index is 5.88. The highest BCUT2D eigenvalue weighted by Crippen LogP contribution is 2.38. The van der Waals surface area contributed by atoms with Crippen LogP contribution in [0.15, 0.2) is 0 Å². The maximum atomic E-state index is 5.88. The van der Waals surface area contributed by atoms with E-state index in [9.17, 15) is 0 Å². The molecule has 2 atom stereocenters. The summed E-state index contributed by atoms with van der Waals surface area (Å²) in [6, 6.07) is 0. The van der Waals surface area contributed by atoms with Crippen molar-refractivity contribution in [3.05, 3.63) is 0 Å². The van der Waals surface area contributed by atoms with E-state index in [1.54, 1.807) is 0 Å². The van der Waals surface area contributed by atoms with Crippen molar-refractivity contribution >= 4 is 7.85 Å². The molecule has 0 bridgehead atoms. The van der Waals surface area contributed by atoms with Crippen LogP contribution in [0.2, 0.25) is 5.82 Å². The second kappa shape index (κ2) is 2.77. The Morgan fingerprint density at radius 3 is 2.22 bits per heavy atom. The Balaban J connectivity index is 2.40. The molecule has 0 aromatic rings. The van der Waals surface area contributed by atoms with Gasteiger partial charge in [0.25, 0.3) is 0 Å². The summed E-state index contributed by atoms with van der Waals surface area (Å²) in [5.41, 5.74) is 0. The molecule has 0 saturated heterocycles. The molecule has 1 rings (SSSR count). The molecule has 1 aliphatic carbocycles. The van der Waals surface area contributed by atoms with Crippen LogP contribution in [0.3, 0.4) is 0 Å². The van der Waals surface area contributed by atoms with Gasteiger partial charge in [-0.3, -0.25) is 0 Å². The van der Waals surface area contributed by atoms with Gasteiger partial charge in [0.1, 0.15) is 0 Å². The van der Waals surface area contributed by atoms with E-state index in [1.807, 2.05) is 0 Å². The minimum Gasteiger partial charge on any atom is -0.0744 e. The topological polar surface area (TPSA) is 0 Å². The zero-order chi connectivity index (χ0) is 6.85. The van der Waals surface area contributed by atoms with Crippen LogP contribution in [0.25, 0.3) is 0 Å². The predicted octanol–water partition coefficient (Wildman–Crippen LogP) is 2.40. The number of hydrogen-bond acceptors (Lipinski definition) is 0. The quantitative estimate of drug-likeness (QED) is 0.468. The van der Waals surface area contributed by atoms with E-state index in [2.05, 4.69) is 13.8 Å². The summed E-state index contributed by atoms with van der Waals surface area (Å²) in [5.74, 6) is 2.11. The first-order chi connectivity index (χ1) is 4.22. The van der Waals surface area contributed by atoms with Crippen LogP contribution in [-0.2, 0) is 0 Å². The highest BCUT2D eigenvalue weighted by molar-refractivity contribution is 6.12. The zero-order valence-corrected chi connectivity index (χ0v) is 6.43. The van der Waals surface area contributed by atoms with Gasteiger partial charge in [0.05, 0.1) is 7.85 Å². The second-order valence-corrected chi connectivity index (χ2v) is 3.50. The summed E-state index contributed by atoms with van der Waals surface area (Å²) in [5, 5.41) is 0. The van der Waals surface area contributed by atoms with Crippen molar-refractivity contribution in [1.29, 1.82) is 0 Å². The van der Waals surface area contributed by atoms with Crippen LogP contribution in [0.4, 0.5) is 0 Å². The van der Waals surface area contributed by atoms with Gasteiger partial charge in [0, 0.05) is 0 Å². The van der Waals surface area contributed by atoms with Crippen molar-refractivity contribution in [2.45, 2.75) is 38.9 Å². The first kappa shape index (κ1) is 7.18. The third-order valence-corrected chi connectivity index (χ3v) is 2.48. The first-order valence-corrected chi connectivity index (χ1v) is 3.97. The van der Waals surface area contributed by atoms with E-state index in [1.165, 1.54) is 19.3 Å². The molecule has 0 heterocycles. The van der Waals surface area contributed by atoms with E-state index in [-0.39, 0.29) is 0 Å². The average molecular weight is 122 g/mol. The highest BCUT2D eigenvalue weighted by atomic mass is 14.3. The molecular weight excluding hydrogens is 107 g/mol. The average Bonchev–Trinajstić information content (AvgIpc) is 2.13. The minimum absolute atomic E-state index is 0.505. The largest absolute Gasteiger partial charge is 0.0744 e. The minimum atomic E-state index is 0.505. The Morgan fingerprint density at radius 1 is 1.33 bits per heavy atom. The smallest absolute Gasteiger partial charge is 0.0703 e. The molecule has 1 saturated carbocycles. The Kier molecular flexibility index (Phi) is 2.20. The van der Waals surface area contributed by atoms with Crippen molar-refractivity contribution in [2.75, 3.05) is 0 Å². The summed E-state index contributed by atoms with van der Waals surface area (Å²) in [7, 11) is 5.88. The Bertz CT molecular complexity index is 88.6. The highest BCUT2D eigenvalue weighted by Gasteiger charge is 2.24. The van der Waals surface area contributed by atoms with Gasteiger partial charge in [-0.15, -0.1) is 0 Å². The molecule has 1 aliphatic rings. The third kappa shape index (κ3) is 1.50. The Hall–Kier alpha value is 0.0649. The molecule has 50 valence electrons. The molecule has 0 aliphatic heterocycles. The fraction of sp³-hybridized carbons (Fsp3) is 1.00. The Labute approximate surface area is 59.4 Å². The van der Waals surface area contributed by atoms with Crippen LogP contribution in [0.5, 0.6) is 0 Å². The molecule has 2 unspecified atom stereocenters. The molecule has 1 heteroatoms. The monoisotopic (exact) mass is 122 g/mol. The summed E-state index contributed by atoms with van der Waals surface area (Å²) in [6.45, 7) is 4.55. The summed E-state index contributed by atoms with van der Waals surface area (Å²) >= 11 is 0. The molecule has 0 aromatic carbocycles. The van der Waals surface area contributed by atoms with Gasteiger partial charge in [-0.1, -0.05) is 38.9 Å². The van der Waals surface area contributed by atoms with E-state index in [0.717, 1.165) is 11.8 Å². The fourth-order valence-electron chi connectivity index (χ4n) is 1.85. The summed E-state index contributed by atoms with van der Waals surface area (Å²) < 4.78 is 0. The van der Waals surface area contributed by atoms with Gasteiger partial charge in [0.15, 0.2) is 0 Å². The molecule has 0 N–H and O–H groups in total. The van der Waals surface area contributed by atoms with Crippen molar-refractivity contribution < 1.29 is 0 Å². The van der Waals surface area contributed by atoms with Crippen molar-refractivity contribution in [2.24, 2.45) is 11.8 Å². The van der Waals surface area contributed by atoms with Crippen LogP contribution in [0, 0.1) is 11.8 Å². The Morgan fingerprint density at radius 2 is 2.00 bits per heavy atom. The van der Waals surface area contributed by atoms with E-state index >= 15 is 0 Å². The van der Waals surface area contributed by atoms with E-state index in [4.69, 9.17) is 7.85 Å². The van der Waals surface area contributed by atoms with Crippen molar-refractivity contribution in [3.63, 3.8) is 0 Å². The van der Waals surface area contributed by atoms with Gasteiger partial charge in [0.2, 0.25) is 0 Å². The molecule has 0 amide bonds. The van der Waals surface area contributed by atoms with E-state index < -0.39 is 0 Å².